The van der Waals surface area contributed by atoms with Gasteiger partial charge >= 0.3 is 0 Å². The van der Waals surface area contributed by atoms with E-state index in [-0.39, 0.29) is 0 Å². The van der Waals surface area contributed by atoms with E-state index in [4.69, 9.17) is 19.4 Å². The van der Waals surface area contributed by atoms with E-state index < -0.39 is 0 Å². The first kappa shape index (κ1) is 36.4. The summed E-state index contributed by atoms with van der Waals surface area (Å²) in [6.45, 7) is 0. The Kier molecular flexibility index (Phi) is 8.79. The predicted molar refractivity (Wildman–Crippen MR) is 260 cm³/mol. The summed E-state index contributed by atoms with van der Waals surface area (Å²) in [6, 6.07) is 78.5. The van der Waals surface area contributed by atoms with E-state index in [1.54, 1.807) is 0 Å². The van der Waals surface area contributed by atoms with Gasteiger partial charge in [-0.05, 0) is 52.1 Å². The second-order valence-electron chi connectivity index (χ2n) is 15.9. The molecule has 12 rings (SSSR count). The van der Waals surface area contributed by atoms with Crippen molar-refractivity contribution in [3.05, 3.63) is 224 Å². The van der Waals surface area contributed by atoms with E-state index in [9.17, 15) is 0 Å². The highest BCUT2D eigenvalue weighted by atomic mass is 16.3. The molecule has 0 saturated heterocycles. The smallest absolute Gasteiger partial charge is 0.160 e. The summed E-state index contributed by atoms with van der Waals surface area (Å²) in [7, 11) is 0. The Balaban J connectivity index is 0.928. The Labute approximate surface area is 364 Å². The zero-order valence-corrected chi connectivity index (χ0v) is 34.1. The minimum Gasteiger partial charge on any atom is -0.456 e. The zero-order chi connectivity index (χ0) is 41.7. The van der Waals surface area contributed by atoms with Crippen LogP contribution in [0, 0.1) is 0 Å². The second-order valence-corrected chi connectivity index (χ2v) is 15.9. The van der Waals surface area contributed by atoms with Crippen LogP contribution >= 0.6 is 0 Å². The molecule has 9 aromatic carbocycles. The molecule has 3 heterocycles. The fourth-order valence-electron chi connectivity index (χ4n) is 9.01. The number of hydrogen-bond donors (Lipinski definition) is 0. The van der Waals surface area contributed by atoms with Crippen molar-refractivity contribution < 1.29 is 4.42 Å². The maximum absolute atomic E-state index is 6.59. The lowest BCUT2D eigenvalue weighted by atomic mass is 9.89. The van der Waals surface area contributed by atoms with Crippen molar-refractivity contribution in [1.29, 1.82) is 0 Å². The van der Waals surface area contributed by atoms with Crippen LogP contribution in [0.1, 0.15) is 0 Å². The third kappa shape index (κ3) is 6.53. The van der Waals surface area contributed by atoms with E-state index in [2.05, 4.69) is 194 Å². The van der Waals surface area contributed by atoms with Crippen LogP contribution in [0.25, 0.3) is 122 Å². The molecule has 12 aromatic rings. The fraction of sp³-hybridized carbons (Fsp3) is 0. The number of aromatic nitrogens is 3. The first-order chi connectivity index (χ1) is 31.2. The molecule has 0 aliphatic rings. The molecular weight excluding hydrogens is 767 g/mol. The highest BCUT2D eigenvalue weighted by Gasteiger charge is 2.21. The van der Waals surface area contributed by atoms with Gasteiger partial charge < -0.3 is 4.42 Å². The van der Waals surface area contributed by atoms with Gasteiger partial charge in [0.1, 0.15) is 11.2 Å². The first-order valence-corrected chi connectivity index (χ1v) is 21.3. The Morgan fingerprint density at radius 3 is 1.35 bits per heavy atom. The van der Waals surface area contributed by atoms with E-state index in [1.165, 1.54) is 16.5 Å². The Bertz CT molecular complexity index is 3620. The Hall–Kier alpha value is -8.47. The second kappa shape index (κ2) is 15.2. The Morgan fingerprint density at radius 1 is 0.286 bits per heavy atom. The van der Waals surface area contributed by atoms with Crippen molar-refractivity contribution in [1.82, 2.24) is 15.0 Å². The lowest BCUT2D eigenvalue weighted by molar-refractivity contribution is 0.669. The lowest BCUT2D eigenvalue weighted by Gasteiger charge is -2.16. The number of hydrogen-bond acceptors (Lipinski definition) is 4. The number of fused-ring (bicyclic) bond motifs is 6. The topological polar surface area (TPSA) is 51.8 Å². The maximum Gasteiger partial charge on any atom is 0.160 e. The van der Waals surface area contributed by atoms with Crippen LogP contribution in [0.15, 0.2) is 229 Å². The van der Waals surface area contributed by atoms with Crippen molar-refractivity contribution in [2.24, 2.45) is 0 Å². The summed E-state index contributed by atoms with van der Waals surface area (Å²) in [5, 5.41) is 5.58. The third-order valence-electron chi connectivity index (χ3n) is 12.1. The molecule has 3 aromatic heterocycles. The molecule has 0 N–H and O–H groups in total. The number of nitrogens with zero attached hydrogens (tertiary/aromatic N) is 3. The quantitative estimate of drug-likeness (QED) is 0.151. The molecule has 294 valence electrons. The molecule has 0 amide bonds. The lowest BCUT2D eigenvalue weighted by Crippen LogP contribution is -1.96. The van der Waals surface area contributed by atoms with Crippen molar-refractivity contribution in [3.63, 3.8) is 0 Å². The van der Waals surface area contributed by atoms with Gasteiger partial charge in [-0.25, -0.2) is 15.0 Å². The number of pyridine rings is 1. The summed E-state index contributed by atoms with van der Waals surface area (Å²) in [5.74, 6) is 0.696. The molecule has 0 aliphatic heterocycles. The fourth-order valence-corrected chi connectivity index (χ4v) is 9.01. The van der Waals surface area contributed by atoms with Gasteiger partial charge in [0.05, 0.1) is 22.6 Å². The van der Waals surface area contributed by atoms with Gasteiger partial charge in [-0.1, -0.05) is 200 Å². The highest BCUT2D eigenvalue weighted by molar-refractivity contribution is 6.27. The molecule has 0 radical (unpaired) electrons. The van der Waals surface area contributed by atoms with Crippen molar-refractivity contribution in [2.45, 2.75) is 0 Å². The SMILES string of the molecule is c1ccc(-c2ccc(-c3cc(-c4ccc(-c5ccc(-c6nc7ccccc7c7c(-c8ccccc8)c8c(cc67)oc6ccccc68)cc5)cc4)nc(-c4ccccc4)n3)cc2)cc1. The van der Waals surface area contributed by atoms with E-state index in [0.717, 1.165) is 99.8 Å². The molecule has 0 fully saturated rings. The third-order valence-corrected chi connectivity index (χ3v) is 12.1. The van der Waals surface area contributed by atoms with Crippen LogP contribution in [-0.2, 0) is 0 Å². The normalized spacial score (nSPS) is 11.5. The summed E-state index contributed by atoms with van der Waals surface area (Å²) in [5.41, 5.74) is 16.3. The number of benzene rings is 9. The average molecular weight is 804 g/mol. The van der Waals surface area contributed by atoms with Crippen molar-refractivity contribution in [3.8, 4) is 78.5 Å². The maximum atomic E-state index is 6.59. The molecule has 0 unspecified atom stereocenters. The summed E-state index contributed by atoms with van der Waals surface area (Å²) in [4.78, 5) is 15.5. The first-order valence-electron chi connectivity index (χ1n) is 21.3. The molecule has 0 saturated carbocycles. The standard InChI is InChI=1S/C59H37N3O/c1-4-14-38(15-5-1)39-24-30-42(31-25-39)51-37-52(62-59(61-51)46-18-8-3-9-19-46)43-32-26-40(27-33-43)41-28-34-45(35-29-41)58-49-36-54-57(48-21-11-13-23-53(48)63-54)55(44-16-6-2-7-17-44)56(49)47-20-10-12-22-50(47)60-58/h1-37H. The van der Waals surface area contributed by atoms with Crippen molar-refractivity contribution in [2.75, 3.05) is 0 Å². The number of para-hydroxylation sites is 2. The van der Waals surface area contributed by atoms with Gasteiger partial charge in [0.25, 0.3) is 0 Å². The van der Waals surface area contributed by atoms with Gasteiger partial charge in [0, 0.05) is 54.7 Å². The van der Waals surface area contributed by atoms with Crippen LogP contribution in [-0.4, -0.2) is 15.0 Å². The molecule has 0 aliphatic carbocycles. The molecule has 0 atom stereocenters. The minimum atomic E-state index is 0.696. The van der Waals surface area contributed by atoms with Crippen LogP contribution in [0.3, 0.4) is 0 Å². The molecular formula is C59H37N3O. The van der Waals surface area contributed by atoms with E-state index in [1.807, 2.05) is 30.3 Å². The molecule has 4 nitrogen and oxygen atoms in total. The Morgan fingerprint density at radius 2 is 0.746 bits per heavy atom. The van der Waals surface area contributed by atoms with Crippen LogP contribution in [0.4, 0.5) is 0 Å². The summed E-state index contributed by atoms with van der Waals surface area (Å²) >= 11 is 0. The summed E-state index contributed by atoms with van der Waals surface area (Å²) in [6.07, 6.45) is 0. The van der Waals surface area contributed by atoms with Gasteiger partial charge in [-0.3, -0.25) is 0 Å². The largest absolute Gasteiger partial charge is 0.456 e. The van der Waals surface area contributed by atoms with Gasteiger partial charge in [-0.15, -0.1) is 0 Å². The van der Waals surface area contributed by atoms with E-state index >= 15 is 0 Å². The molecule has 0 bridgehead atoms. The van der Waals surface area contributed by atoms with Gasteiger partial charge in [0.15, 0.2) is 5.82 Å². The van der Waals surface area contributed by atoms with Crippen LogP contribution in [0.5, 0.6) is 0 Å². The van der Waals surface area contributed by atoms with Crippen LogP contribution < -0.4 is 0 Å². The number of rotatable bonds is 7. The van der Waals surface area contributed by atoms with Crippen LogP contribution in [0.2, 0.25) is 0 Å². The molecule has 63 heavy (non-hydrogen) atoms. The molecule has 4 heteroatoms. The van der Waals surface area contributed by atoms with Crippen molar-refractivity contribution >= 4 is 43.6 Å². The predicted octanol–water partition coefficient (Wildman–Crippen LogP) is 15.7. The van der Waals surface area contributed by atoms with E-state index in [0.29, 0.717) is 5.82 Å². The van der Waals surface area contributed by atoms with Gasteiger partial charge in [-0.2, -0.15) is 0 Å². The average Bonchev–Trinajstić information content (AvgIpc) is 3.74. The zero-order valence-electron chi connectivity index (χ0n) is 34.1. The number of furan rings is 1. The monoisotopic (exact) mass is 803 g/mol. The summed E-state index contributed by atoms with van der Waals surface area (Å²) < 4.78 is 6.59. The minimum absolute atomic E-state index is 0.696. The highest BCUT2D eigenvalue weighted by Crippen LogP contribution is 2.46. The van der Waals surface area contributed by atoms with Gasteiger partial charge in [0.2, 0.25) is 0 Å². The molecule has 0 spiro atoms.